The maximum absolute atomic E-state index is 4.17. The van der Waals surface area contributed by atoms with Crippen LogP contribution in [-0.4, -0.2) is 4.90 Å². The lowest BCUT2D eigenvalue weighted by Gasteiger charge is -2.26. The lowest BCUT2D eigenvalue weighted by molar-refractivity contribution is 0.636. The van der Waals surface area contributed by atoms with E-state index in [9.17, 15) is 0 Å². The van der Waals surface area contributed by atoms with Gasteiger partial charge in [-0.15, -0.1) is 0 Å². The summed E-state index contributed by atoms with van der Waals surface area (Å²) in [4.78, 5) is 2.14. The minimum atomic E-state index is 0.574. The van der Waals surface area contributed by atoms with Gasteiger partial charge in [0.25, 0.3) is 0 Å². The van der Waals surface area contributed by atoms with Gasteiger partial charge in [-0.2, -0.15) is 0 Å². The van der Waals surface area contributed by atoms with E-state index < -0.39 is 0 Å². The van der Waals surface area contributed by atoms with Crippen molar-refractivity contribution >= 4 is 5.57 Å². The molecule has 0 saturated heterocycles. The van der Waals surface area contributed by atoms with Crippen LogP contribution in [0, 0.1) is 5.92 Å². The van der Waals surface area contributed by atoms with E-state index in [1.54, 1.807) is 0 Å². The maximum atomic E-state index is 4.17. The molecule has 1 fully saturated rings. The van der Waals surface area contributed by atoms with Gasteiger partial charge in [-0.1, -0.05) is 61.6 Å². The first-order chi connectivity index (χ1) is 13.0. The van der Waals surface area contributed by atoms with Crippen LogP contribution < -0.4 is 0 Å². The van der Waals surface area contributed by atoms with E-state index in [0.717, 1.165) is 18.0 Å². The van der Waals surface area contributed by atoms with Gasteiger partial charge in [0.15, 0.2) is 0 Å². The third-order valence-electron chi connectivity index (χ3n) is 5.50. The summed E-state index contributed by atoms with van der Waals surface area (Å²) in [6.07, 6.45) is 17.1. The summed E-state index contributed by atoms with van der Waals surface area (Å²) in [6, 6.07) is 9.24. The molecule has 27 heavy (non-hydrogen) atoms. The molecule has 2 aliphatic carbocycles. The predicted octanol–water partition coefficient (Wildman–Crippen LogP) is 7.11. The normalized spacial score (nSPS) is 22.2. The lowest BCUT2D eigenvalue weighted by Crippen LogP contribution is -2.13. The van der Waals surface area contributed by atoms with Crippen LogP contribution in [0.1, 0.15) is 57.1 Å². The number of nitrogens with zero attached hydrogens (tertiary/aromatic N) is 1. The van der Waals surface area contributed by atoms with Crippen molar-refractivity contribution in [1.82, 2.24) is 4.90 Å². The van der Waals surface area contributed by atoms with Crippen LogP contribution >= 0.6 is 0 Å². The van der Waals surface area contributed by atoms with Crippen LogP contribution in [0.15, 0.2) is 90.0 Å². The van der Waals surface area contributed by atoms with Crippen LogP contribution in [0.5, 0.6) is 0 Å². The molecule has 0 amide bonds. The Morgan fingerprint density at radius 1 is 1.15 bits per heavy atom. The monoisotopic (exact) mass is 355 g/mol. The van der Waals surface area contributed by atoms with Crippen LogP contribution in [0.4, 0.5) is 0 Å². The molecule has 0 aromatic heterocycles. The van der Waals surface area contributed by atoms with Crippen molar-refractivity contribution in [2.75, 3.05) is 0 Å². The third-order valence-corrected chi connectivity index (χ3v) is 5.50. The molecule has 0 radical (unpaired) electrons. The van der Waals surface area contributed by atoms with Crippen molar-refractivity contribution in [3.63, 3.8) is 0 Å². The van der Waals surface area contributed by atoms with Crippen LogP contribution in [0.3, 0.4) is 0 Å². The van der Waals surface area contributed by atoms with Gasteiger partial charge in [-0.05, 0) is 78.9 Å². The molecule has 4 rings (SSSR count). The number of hydrogen-bond donors (Lipinski definition) is 0. The van der Waals surface area contributed by atoms with E-state index in [-0.39, 0.29) is 0 Å². The van der Waals surface area contributed by atoms with Gasteiger partial charge >= 0.3 is 0 Å². The summed E-state index contributed by atoms with van der Waals surface area (Å²) < 4.78 is 0. The zero-order valence-electron chi connectivity index (χ0n) is 16.7. The highest BCUT2D eigenvalue weighted by molar-refractivity contribution is 5.78. The highest BCUT2D eigenvalue weighted by Crippen LogP contribution is 2.42. The van der Waals surface area contributed by atoms with Gasteiger partial charge in [0.1, 0.15) is 0 Å². The summed E-state index contributed by atoms with van der Waals surface area (Å²) in [5.41, 5.74) is 9.24. The molecule has 1 aliphatic heterocycles. The van der Waals surface area contributed by atoms with Gasteiger partial charge in [-0.25, -0.2) is 0 Å². The minimum absolute atomic E-state index is 0.574. The van der Waals surface area contributed by atoms with E-state index in [2.05, 4.69) is 93.2 Å². The van der Waals surface area contributed by atoms with E-state index in [4.69, 9.17) is 0 Å². The highest BCUT2D eigenvalue weighted by atomic mass is 15.1. The number of benzene rings is 1. The Bertz CT molecular complexity index is 911. The number of hydrogen-bond acceptors (Lipinski definition) is 1. The first-order valence-electron chi connectivity index (χ1n) is 10.1. The summed E-state index contributed by atoms with van der Waals surface area (Å²) >= 11 is 0. The Kier molecular flexibility index (Phi) is 4.78. The molecule has 1 heterocycles. The zero-order valence-corrected chi connectivity index (χ0v) is 16.7. The summed E-state index contributed by atoms with van der Waals surface area (Å²) in [5.74, 6) is 1.36. The Labute approximate surface area is 163 Å². The van der Waals surface area contributed by atoms with Gasteiger partial charge < -0.3 is 4.90 Å². The molecule has 1 aromatic rings. The molecule has 1 atom stereocenters. The molecule has 1 heteroatoms. The van der Waals surface area contributed by atoms with E-state index in [0.29, 0.717) is 5.92 Å². The van der Waals surface area contributed by atoms with Crippen molar-refractivity contribution < 1.29 is 0 Å². The van der Waals surface area contributed by atoms with Crippen molar-refractivity contribution in [1.29, 1.82) is 0 Å². The molecule has 0 bridgehead atoms. The van der Waals surface area contributed by atoms with Crippen molar-refractivity contribution in [3.8, 4) is 0 Å². The van der Waals surface area contributed by atoms with Crippen LogP contribution in [0.2, 0.25) is 0 Å². The molecular weight excluding hydrogens is 326 g/mol. The van der Waals surface area contributed by atoms with Gasteiger partial charge in [-0.3, -0.25) is 0 Å². The Morgan fingerprint density at radius 3 is 2.70 bits per heavy atom. The summed E-state index contributed by atoms with van der Waals surface area (Å²) in [7, 11) is 0. The Morgan fingerprint density at radius 2 is 1.96 bits per heavy atom. The van der Waals surface area contributed by atoms with Crippen molar-refractivity contribution in [3.05, 3.63) is 101 Å². The number of allylic oxidation sites excluding steroid dienone is 8. The largest absolute Gasteiger partial charge is 0.324 e. The third kappa shape index (κ3) is 3.93. The molecule has 3 aliphatic rings. The smallest absolute Gasteiger partial charge is 0.0377 e. The Balaban J connectivity index is 1.78. The zero-order chi connectivity index (χ0) is 19.0. The van der Waals surface area contributed by atoms with Crippen LogP contribution in [0.25, 0.3) is 5.57 Å². The van der Waals surface area contributed by atoms with E-state index in [1.807, 2.05) is 0 Å². The maximum Gasteiger partial charge on any atom is 0.0377 e. The lowest BCUT2D eigenvalue weighted by atomic mass is 9.83. The average Bonchev–Trinajstić information content (AvgIpc) is 3.49. The molecule has 1 nitrogen and oxygen atoms in total. The molecule has 1 unspecified atom stereocenters. The fourth-order valence-electron chi connectivity index (χ4n) is 3.91. The predicted molar refractivity (Wildman–Crippen MR) is 116 cm³/mol. The second-order valence-electron chi connectivity index (χ2n) is 8.36. The average molecular weight is 356 g/mol. The molecule has 0 spiro atoms. The Hall–Kier alpha value is -2.54. The fraction of sp³-hybridized carbons (Fsp3) is 0.308. The molecular formula is C26H29N. The molecule has 0 N–H and O–H groups in total. The molecule has 138 valence electrons. The SMILES string of the molecule is C=C1C=CC(C2=C(c3cccc(C4CC4)c3)CC(C)C=C2)=CN1C=C(C)C. The number of rotatable bonds is 4. The second kappa shape index (κ2) is 7.23. The van der Waals surface area contributed by atoms with Crippen molar-refractivity contribution in [2.45, 2.75) is 46.0 Å². The van der Waals surface area contributed by atoms with Crippen molar-refractivity contribution in [2.24, 2.45) is 5.92 Å². The second-order valence-corrected chi connectivity index (χ2v) is 8.36. The topological polar surface area (TPSA) is 3.24 Å². The van der Waals surface area contributed by atoms with E-state index in [1.165, 1.54) is 46.3 Å². The highest BCUT2D eigenvalue weighted by Gasteiger charge is 2.25. The first-order valence-corrected chi connectivity index (χ1v) is 10.1. The quantitative estimate of drug-likeness (QED) is 0.556. The first kappa shape index (κ1) is 17.9. The minimum Gasteiger partial charge on any atom is -0.324 e. The van der Waals surface area contributed by atoms with Gasteiger partial charge in [0, 0.05) is 18.1 Å². The summed E-state index contributed by atoms with van der Waals surface area (Å²) in [6.45, 7) is 10.7. The summed E-state index contributed by atoms with van der Waals surface area (Å²) in [5, 5.41) is 0. The van der Waals surface area contributed by atoms with Gasteiger partial charge in [0.05, 0.1) is 0 Å². The molecule has 1 aromatic carbocycles. The standard InChI is InChI=1S/C26H29N/c1-18(2)16-27-17-24(10-9-20(27)4)25-13-8-19(3)14-26(25)23-7-5-6-22(15-23)21-11-12-21/h5-10,13,15-17,19,21H,4,11-12,14H2,1-3H3. The van der Waals surface area contributed by atoms with E-state index >= 15 is 0 Å². The van der Waals surface area contributed by atoms with Crippen LogP contribution in [-0.2, 0) is 0 Å². The van der Waals surface area contributed by atoms with Gasteiger partial charge in [0.2, 0.25) is 0 Å². The fourth-order valence-corrected chi connectivity index (χ4v) is 3.91. The molecule has 1 saturated carbocycles.